The van der Waals surface area contributed by atoms with Crippen LogP contribution in [0, 0.1) is 0 Å². The second kappa shape index (κ2) is 6.73. The van der Waals surface area contributed by atoms with Crippen LogP contribution in [0.2, 0.25) is 10.0 Å². The Morgan fingerprint density at radius 1 is 0.929 bits per heavy atom. The molecular formula is C22H16Cl2N2O2. The van der Waals surface area contributed by atoms with Crippen LogP contribution in [0.4, 0.5) is 0 Å². The molecule has 1 N–H and O–H groups in total. The summed E-state index contributed by atoms with van der Waals surface area (Å²) in [6, 6.07) is 20.6. The van der Waals surface area contributed by atoms with Gasteiger partial charge < -0.3 is 9.84 Å². The number of aromatic hydroxyl groups is 1. The van der Waals surface area contributed by atoms with Crippen molar-refractivity contribution in [2.24, 2.45) is 5.10 Å². The molecule has 0 aromatic heterocycles. The van der Waals surface area contributed by atoms with Gasteiger partial charge >= 0.3 is 0 Å². The Bertz CT molecular complexity index is 1090. The number of ether oxygens (including phenoxy) is 1. The van der Waals surface area contributed by atoms with Crippen LogP contribution < -0.4 is 4.74 Å². The predicted octanol–water partition coefficient (Wildman–Crippen LogP) is 5.94. The molecule has 3 aromatic carbocycles. The van der Waals surface area contributed by atoms with Gasteiger partial charge in [0, 0.05) is 22.0 Å². The van der Waals surface area contributed by atoms with Crippen molar-refractivity contribution in [1.29, 1.82) is 0 Å². The second-order valence-corrected chi connectivity index (χ2v) is 7.74. The van der Waals surface area contributed by atoms with Crippen molar-refractivity contribution in [2.75, 3.05) is 0 Å². The van der Waals surface area contributed by atoms with Crippen LogP contribution in [0.3, 0.4) is 0 Å². The first-order chi connectivity index (χ1) is 13.6. The van der Waals surface area contributed by atoms with Crippen molar-refractivity contribution in [3.63, 3.8) is 0 Å². The molecule has 5 rings (SSSR count). The maximum absolute atomic E-state index is 10.4. The fourth-order valence-electron chi connectivity index (χ4n) is 3.79. The Kier molecular flexibility index (Phi) is 4.18. The third-order valence-corrected chi connectivity index (χ3v) is 5.58. The van der Waals surface area contributed by atoms with Gasteiger partial charge in [-0.15, -0.1) is 0 Å². The van der Waals surface area contributed by atoms with E-state index in [9.17, 15) is 5.11 Å². The monoisotopic (exact) mass is 410 g/mol. The number of phenolic OH excluding ortho intramolecular Hbond substituents is 1. The minimum Gasteiger partial charge on any atom is -0.507 e. The number of hydrogen-bond acceptors (Lipinski definition) is 4. The summed E-state index contributed by atoms with van der Waals surface area (Å²) in [6.07, 6.45) is 0.136. The molecule has 0 amide bonds. The molecular weight excluding hydrogens is 395 g/mol. The molecule has 0 radical (unpaired) electrons. The zero-order valence-electron chi connectivity index (χ0n) is 14.7. The van der Waals surface area contributed by atoms with Crippen molar-refractivity contribution in [3.8, 4) is 11.5 Å². The molecule has 28 heavy (non-hydrogen) atoms. The van der Waals surface area contributed by atoms with Gasteiger partial charge in [0.1, 0.15) is 11.5 Å². The third-order valence-electron chi connectivity index (χ3n) is 5.11. The molecule has 2 aliphatic heterocycles. The quantitative estimate of drug-likeness (QED) is 0.568. The molecule has 0 unspecified atom stereocenters. The third kappa shape index (κ3) is 2.89. The van der Waals surface area contributed by atoms with Crippen molar-refractivity contribution in [1.82, 2.24) is 5.01 Å². The van der Waals surface area contributed by atoms with Crippen LogP contribution in [0.15, 0.2) is 71.8 Å². The lowest BCUT2D eigenvalue weighted by molar-refractivity contribution is -0.0203. The lowest BCUT2D eigenvalue weighted by Crippen LogP contribution is -2.33. The molecule has 140 valence electrons. The highest BCUT2D eigenvalue weighted by molar-refractivity contribution is 6.31. The molecule has 0 spiro atoms. The Morgan fingerprint density at radius 2 is 1.64 bits per heavy atom. The van der Waals surface area contributed by atoms with Gasteiger partial charge in [-0.05, 0) is 42.0 Å². The van der Waals surface area contributed by atoms with Crippen molar-refractivity contribution in [2.45, 2.75) is 18.7 Å². The van der Waals surface area contributed by atoms with E-state index in [1.807, 2.05) is 47.5 Å². The molecule has 0 saturated carbocycles. The Labute approximate surface area is 172 Å². The standard InChI is InChI=1S/C22H16Cl2N2O2/c23-14-6-8-20(27)17(11-14)22-26-19(16-10-15(24)7-9-21(16)28-22)12-18(25-26)13-4-2-1-3-5-13/h1-11,19,22,27H,12H2/t19-,22-/m1/s1. The zero-order valence-corrected chi connectivity index (χ0v) is 16.2. The maximum atomic E-state index is 10.4. The molecule has 4 nitrogen and oxygen atoms in total. The largest absolute Gasteiger partial charge is 0.507 e. The van der Waals surface area contributed by atoms with E-state index in [-0.39, 0.29) is 11.8 Å². The predicted molar refractivity (Wildman–Crippen MR) is 110 cm³/mol. The number of nitrogens with zero attached hydrogens (tertiary/aromatic N) is 2. The number of halogens is 2. The van der Waals surface area contributed by atoms with E-state index in [1.54, 1.807) is 24.3 Å². The summed E-state index contributed by atoms with van der Waals surface area (Å²) in [5.74, 6) is 0.855. The SMILES string of the molecule is Oc1ccc(Cl)cc1[C@H]1Oc2ccc(Cl)cc2[C@H]2CC(c3ccccc3)=NN21. The summed E-state index contributed by atoms with van der Waals surface area (Å²) < 4.78 is 6.25. The number of benzene rings is 3. The second-order valence-electron chi connectivity index (χ2n) is 6.87. The van der Waals surface area contributed by atoms with Crippen LogP contribution >= 0.6 is 23.2 Å². The van der Waals surface area contributed by atoms with Gasteiger partial charge in [0.15, 0.2) is 0 Å². The molecule has 3 aromatic rings. The molecule has 0 saturated heterocycles. The first kappa shape index (κ1) is 17.4. The minimum atomic E-state index is -0.585. The Hall–Kier alpha value is -2.69. The molecule has 0 aliphatic carbocycles. The number of hydrogen-bond donors (Lipinski definition) is 1. The van der Waals surface area contributed by atoms with E-state index < -0.39 is 6.23 Å². The van der Waals surface area contributed by atoms with E-state index in [0.29, 0.717) is 15.6 Å². The normalized spacial score (nSPS) is 20.2. The van der Waals surface area contributed by atoms with Crippen LogP contribution in [0.5, 0.6) is 11.5 Å². The average molecular weight is 411 g/mol. The smallest absolute Gasteiger partial charge is 0.217 e. The van der Waals surface area contributed by atoms with Crippen LogP contribution in [0.1, 0.15) is 35.4 Å². The van der Waals surface area contributed by atoms with Crippen molar-refractivity contribution >= 4 is 28.9 Å². The molecule has 2 heterocycles. The topological polar surface area (TPSA) is 45.1 Å². The van der Waals surface area contributed by atoms with E-state index >= 15 is 0 Å². The van der Waals surface area contributed by atoms with Gasteiger partial charge in [-0.1, -0.05) is 53.5 Å². The lowest BCUT2D eigenvalue weighted by Gasteiger charge is -2.38. The van der Waals surface area contributed by atoms with Gasteiger partial charge in [0.25, 0.3) is 0 Å². The summed E-state index contributed by atoms with van der Waals surface area (Å²) in [4.78, 5) is 0. The van der Waals surface area contributed by atoms with Gasteiger partial charge in [0.05, 0.1) is 17.3 Å². The van der Waals surface area contributed by atoms with Crippen LogP contribution in [0.25, 0.3) is 0 Å². The summed E-state index contributed by atoms with van der Waals surface area (Å²) in [7, 11) is 0. The molecule has 0 bridgehead atoms. The van der Waals surface area contributed by atoms with E-state index in [2.05, 4.69) is 0 Å². The van der Waals surface area contributed by atoms with Gasteiger partial charge in [-0.3, -0.25) is 0 Å². The fourth-order valence-corrected chi connectivity index (χ4v) is 4.15. The van der Waals surface area contributed by atoms with Crippen molar-refractivity contribution in [3.05, 3.63) is 93.5 Å². The maximum Gasteiger partial charge on any atom is 0.217 e. The van der Waals surface area contributed by atoms with E-state index in [0.717, 1.165) is 29.0 Å². The molecule has 6 heteroatoms. The summed E-state index contributed by atoms with van der Waals surface area (Å²) in [5.41, 5.74) is 3.60. The lowest BCUT2D eigenvalue weighted by atomic mass is 9.96. The first-order valence-electron chi connectivity index (χ1n) is 8.96. The number of phenols is 1. The average Bonchev–Trinajstić information content (AvgIpc) is 3.16. The first-order valence-corrected chi connectivity index (χ1v) is 9.71. The molecule has 2 aliphatic rings. The highest BCUT2D eigenvalue weighted by Crippen LogP contribution is 2.49. The Balaban J connectivity index is 1.64. The van der Waals surface area contributed by atoms with Crippen LogP contribution in [-0.4, -0.2) is 15.8 Å². The van der Waals surface area contributed by atoms with Crippen molar-refractivity contribution < 1.29 is 9.84 Å². The van der Waals surface area contributed by atoms with Gasteiger partial charge in [0.2, 0.25) is 6.23 Å². The van der Waals surface area contributed by atoms with Gasteiger partial charge in [-0.25, -0.2) is 5.01 Å². The molecule has 2 atom stereocenters. The van der Waals surface area contributed by atoms with Crippen LogP contribution in [-0.2, 0) is 0 Å². The zero-order chi connectivity index (χ0) is 19.3. The van der Waals surface area contributed by atoms with E-state index in [1.165, 1.54) is 0 Å². The molecule has 0 fully saturated rings. The summed E-state index contributed by atoms with van der Waals surface area (Å²) >= 11 is 12.4. The van der Waals surface area contributed by atoms with Gasteiger partial charge in [-0.2, -0.15) is 5.10 Å². The minimum absolute atomic E-state index is 0.0407. The number of fused-ring (bicyclic) bond motifs is 3. The number of hydrazone groups is 1. The highest BCUT2D eigenvalue weighted by atomic mass is 35.5. The summed E-state index contributed by atoms with van der Waals surface area (Å²) in [5, 5.41) is 18.4. The number of rotatable bonds is 2. The summed E-state index contributed by atoms with van der Waals surface area (Å²) in [6.45, 7) is 0. The Morgan fingerprint density at radius 3 is 2.43 bits per heavy atom. The highest BCUT2D eigenvalue weighted by Gasteiger charge is 2.42. The fraction of sp³-hybridized carbons (Fsp3) is 0.136. The van der Waals surface area contributed by atoms with E-state index in [4.69, 9.17) is 33.0 Å².